The number of fused-ring (bicyclic) bond motifs is 2. The summed E-state index contributed by atoms with van der Waals surface area (Å²) in [7, 11) is 0. The number of aromatic hydroxyl groups is 2. The van der Waals surface area contributed by atoms with Crippen LogP contribution in [0.5, 0.6) is 11.5 Å². The molecule has 0 atom stereocenters. The summed E-state index contributed by atoms with van der Waals surface area (Å²) in [5, 5.41) is 27.1. The van der Waals surface area contributed by atoms with E-state index in [2.05, 4.69) is 4.98 Å². The van der Waals surface area contributed by atoms with E-state index in [1.165, 1.54) is 12.1 Å². The molecule has 20 heavy (non-hydrogen) atoms. The van der Waals surface area contributed by atoms with Crippen LogP contribution in [-0.4, -0.2) is 21.1 Å². The number of rotatable bonds is 1. The van der Waals surface area contributed by atoms with Gasteiger partial charge in [0, 0.05) is 6.07 Å². The van der Waals surface area contributed by atoms with Crippen molar-refractivity contribution in [3.05, 3.63) is 35.2 Å². The molecule has 1 aromatic rings. The molecule has 0 radical (unpaired) electrons. The zero-order valence-electron chi connectivity index (χ0n) is 10.0. The van der Waals surface area contributed by atoms with Crippen molar-refractivity contribution in [1.82, 2.24) is 4.98 Å². The molecule has 0 spiro atoms. The number of phenolic OH excluding ortho intramolecular Hbond substituents is 2. The second-order valence-electron chi connectivity index (χ2n) is 4.23. The maximum atomic E-state index is 11.4. The summed E-state index contributed by atoms with van der Waals surface area (Å²) in [6.45, 7) is 0. The predicted molar refractivity (Wildman–Crippen MR) is 68.3 cm³/mol. The van der Waals surface area contributed by atoms with Crippen molar-refractivity contribution in [1.29, 1.82) is 5.41 Å². The molecule has 100 valence electrons. The van der Waals surface area contributed by atoms with Crippen LogP contribution in [0.3, 0.4) is 0 Å². The zero-order valence-corrected chi connectivity index (χ0v) is 10.0. The van der Waals surface area contributed by atoms with E-state index in [4.69, 9.17) is 15.6 Å². The number of nitrogens with zero attached hydrogens (tertiary/aromatic N) is 1. The lowest BCUT2D eigenvalue weighted by molar-refractivity contribution is 0.100. The molecule has 2 aliphatic rings. The van der Waals surface area contributed by atoms with E-state index in [9.17, 15) is 15.0 Å². The fourth-order valence-corrected chi connectivity index (χ4v) is 1.94. The Labute approximate surface area is 111 Å². The van der Waals surface area contributed by atoms with Gasteiger partial charge in [0.2, 0.25) is 5.75 Å². The molecule has 1 aliphatic carbocycles. The standard InChI is InChI=1S/C13H9N3O4/c14-5-1-2-7-9(3-5)20-12-10(16-7)6(13(15)19)4-8(17)11(12)18/h1-4,14,17-18H,(H2,15,19). The van der Waals surface area contributed by atoms with E-state index in [-0.39, 0.29) is 27.8 Å². The molecule has 7 nitrogen and oxygen atoms in total. The number of nitrogens with one attached hydrogen (secondary N) is 1. The lowest BCUT2D eigenvalue weighted by atomic mass is 10.1. The monoisotopic (exact) mass is 271 g/mol. The average Bonchev–Trinajstić information content (AvgIpc) is 2.41. The second-order valence-corrected chi connectivity index (χ2v) is 4.23. The molecule has 1 amide bonds. The van der Waals surface area contributed by atoms with Crippen LogP contribution in [0.15, 0.2) is 28.7 Å². The van der Waals surface area contributed by atoms with Gasteiger partial charge >= 0.3 is 0 Å². The maximum Gasteiger partial charge on any atom is 0.251 e. The Morgan fingerprint density at radius 3 is 2.75 bits per heavy atom. The fraction of sp³-hybridized carbons (Fsp3) is 0. The van der Waals surface area contributed by atoms with Gasteiger partial charge in [-0.2, -0.15) is 0 Å². The highest BCUT2D eigenvalue weighted by atomic mass is 16.4. The molecule has 3 rings (SSSR count). The number of carbonyl (C=O) groups is 1. The second kappa shape index (κ2) is 3.95. The molecule has 0 saturated carbocycles. The van der Waals surface area contributed by atoms with Crippen molar-refractivity contribution in [2.75, 3.05) is 0 Å². The summed E-state index contributed by atoms with van der Waals surface area (Å²) in [5.74, 6) is -1.61. The minimum absolute atomic E-state index is 0.0537. The Kier molecular flexibility index (Phi) is 2.37. The van der Waals surface area contributed by atoms with E-state index >= 15 is 0 Å². The first-order valence-electron chi connectivity index (χ1n) is 5.61. The minimum atomic E-state index is -0.801. The summed E-state index contributed by atoms with van der Waals surface area (Å²) in [6.07, 6.45) is 0. The van der Waals surface area contributed by atoms with Gasteiger partial charge < -0.3 is 25.8 Å². The van der Waals surface area contributed by atoms with Crippen molar-refractivity contribution in [3.8, 4) is 23.0 Å². The molecule has 7 heteroatoms. The molecule has 1 aromatic carbocycles. The first kappa shape index (κ1) is 12.0. The molecule has 0 saturated heterocycles. The van der Waals surface area contributed by atoms with Gasteiger partial charge in [0.25, 0.3) is 5.91 Å². The van der Waals surface area contributed by atoms with Crippen LogP contribution >= 0.6 is 0 Å². The van der Waals surface area contributed by atoms with Crippen LogP contribution in [0.1, 0.15) is 10.4 Å². The molecular formula is C13H9N3O4. The number of amides is 1. The maximum absolute atomic E-state index is 11.4. The predicted octanol–water partition coefficient (Wildman–Crippen LogP) is 0.922. The molecule has 1 heterocycles. The highest BCUT2D eigenvalue weighted by Crippen LogP contribution is 2.37. The van der Waals surface area contributed by atoms with Crippen LogP contribution in [-0.2, 0) is 0 Å². The number of aromatic nitrogens is 1. The fourth-order valence-electron chi connectivity index (χ4n) is 1.94. The number of hydrogen-bond donors (Lipinski definition) is 4. The Balaban J connectivity index is 2.54. The van der Waals surface area contributed by atoms with Crippen molar-refractivity contribution in [2.45, 2.75) is 0 Å². The van der Waals surface area contributed by atoms with E-state index in [0.717, 1.165) is 6.07 Å². The molecule has 0 unspecified atom stereocenters. The van der Waals surface area contributed by atoms with Crippen molar-refractivity contribution >= 4 is 17.0 Å². The van der Waals surface area contributed by atoms with Gasteiger partial charge in [-0.3, -0.25) is 4.79 Å². The summed E-state index contributed by atoms with van der Waals surface area (Å²) in [4.78, 5) is 15.6. The van der Waals surface area contributed by atoms with Crippen molar-refractivity contribution in [2.24, 2.45) is 5.73 Å². The normalized spacial score (nSPS) is 11.0. The third kappa shape index (κ3) is 1.64. The first-order valence-corrected chi connectivity index (χ1v) is 5.61. The third-order valence-electron chi connectivity index (χ3n) is 2.88. The Bertz CT molecular complexity index is 885. The molecular weight excluding hydrogens is 262 g/mol. The van der Waals surface area contributed by atoms with Crippen LogP contribution in [0.4, 0.5) is 0 Å². The highest BCUT2D eigenvalue weighted by Gasteiger charge is 2.20. The summed E-state index contributed by atoms with van der Waals surface area (Å²) in [5.41, 5.74) is 5.47. The van der Waals surface area contributed by atoms with E-state index in [1.807, 2.05) is 0 Å². The summed E-state index contributed by atoms with van der Waals surface area (Å²) >= 11 is 0. The molecule has 0 bridgehead atoms. The van der Waals surface area contributed by atoms with Gasteiger partial charge in [-0.1, -0.05) is 0 Å². The highest BCUT2D eigenvalue weighted by molar-refractivity contribution is 6.06. The molecule has 0 aromatic heterocycles. The van der Waals surface area contributed by atoms with Gasteiger partial charge in [0.05, 0.1) is 10.9 Å². The molecule has 5 N–H and O–H groups in total. The number of phenols is 2. The van der Waals surface area contributed by atoms with Gasteiger partial charge in [-0.05, 0) is 18.2 Å². The Morgan fingerprint density at radius 2 is 2.05 bits per heavy atom. The SMILES string of the molecule is N=c1ccc2nc3c(C(N)=O)cc(O)c(O)c3oc-2c1. The summed E-state index contributed by atoms with van der Waals surface area (Å²) in [6, 6.07) is 5.51. The van der Waals surface area contributed by atoms with E-state index < -0.39 is 17.4 Å². The Hall–Kier alpha value is -3.09. The van der Waals surface area contributed by atoms with Crippen LogP contribution in [0.2, 0.25) is 0 Å². The van der Waals surface area contributed by atoms with Gasteiger partial charge in [-0.15, -0.1) is 0 Å². The van der Waals surface area contributed by atoms with Crippen LogP contribution in [0.25, 0.3) is 22.6 Å². The Morgan fingerprint density at radius 1 is 1.30 bits per heavy atom. The molecule has 0 fully saturated rings. The lowest BCUT2D eigenvalue weighted by Gasteiger charge is -2.10. The smallest absolute Gasteiger partial charge is 0.251 e. The largest absolute Gasteiger partial charge is 0.504 e. The van der Waals surface area contributed by atoms with Crippen LogP contribution < -0.4 is 11.1 Å². The lowest BCUT2D eigenvalue weighted by Crippen LogP contribution is -2.12. The number of carbonyl (C=O) groups excluding carboxylic acids is 1. The third-order valence-corrected chi connectivity index (χ3v) is 2.88. The van der Waals surface area contributed by atoms with Crippen molar-refractivity contribution < 1.29 is 19.4 Å². The molecule has 1 aliphatic heterocycles. The number of benzene rings is 2. The number of hydrogen-bond acceptors (Lipinski definition) is 6. The van der Waals surface area contributed by atoms with Gasteiger partial charge in [0.1, 0.15) is 11.2 Å². The van der Waals surface area contributed by atoms with E-state index in [0.29, 0.717) is 5.69 Å². The number of primary amides is 1. The van der Waals surface area contributed by atoms with Gasteiger partial charge in [0.15, 0.2) is 17.1 Å². The summed E-state index contributed by atoms with van der Waals surface area (Å²) < 4.78 is 5.43. The first-order chi connectivity index (χ1) is 9.47. The zero-order chi connectivity index (χ0) is 14.4. The quantitative estimate of drug-likeness (QED) is 0.385. The van der Waals surface area contributed by atoms with Crippen LogP contribution in [0, 0.1) is 5.41 Å². The van der Waals surface area contributed by atoms with E-state index in [1.54, 1.807) is 6.07 Å². The average molecular weight is 271 g/mol. The topological polar surface area (TPSA) is 133 Å². The number of nitrogens with two attached hydrogens (primary N) is 1. The van der Waals surface area contributed by atoms with Gasteiger partial charge in [-0.25, -0.2) is 4.98 Å². The van der Waals surface area contributed by atoms with Crippen molar-refractivity contribution in [3.63, 3.8) is 0 Å². The minimum Gasteiger partial charge on any atom is -0.504 e.